The topological polar surface area (TPSA) is 95.6 Å². The molecule has 1 aromatic carbocycles. The van der Waals surface area contributed by atoms with Crippen molar-refractivity contribution in [2.75, 3.05) is 19.3 Å². The first-order chi connectivity index (χ1) is 13.8. The number of nitrogens with zero attached hydrogens (tertiary/aromatic N) is 1. The number of carbonyl (C=O) groups is 2. The van der Waals surface area contributed by atoms with Gasteiger partial charge in [-0.05, 0) is 34.6 Å². The van der Waals surface area contributed by atoms with E-state index in [1.165, 1.54) is 16.7 Å². The lowest BCUT2D eigenvalue weighted by Crippen LogP contribution is -2.40. The van der Waals surface area contributed by atoms with Gasteiger partial charge >= 0.3 is 6.03 Å². The molecular weight excluding hydrogens is 410 g/mol. The summed E-state index contributed by atoms with van der Waals surface area (Å²) < 4.78 is 22.6. The molecule has 0 saturated carbocycles. The zero-order valence-corrected chi connectivity index (χ0v) is 17.9. The van der Waals surface area contributed by atoms with Crippen LogP contribution in [-0.2, 0) is 39.9 Å². The van der Waals surface area contributed by atoms with Crippen molar-refractivity contribution in [1.82, 2.24) is 15.5 Å². The van der Waals surface area contributed by atoms with Crippen molar-refractivity contribution >= 4 is 33.1 Å². The number of fused-ring (bicyclic) bond motifs is 1. The Morgan fingerprint density at radius 1 is 1.10 bits per heavy atom. The van der Waals surface area contributed by atoms with E-state index in [1.54, 1.807) is 35.6 Å². The molecule has 0 radical (unpaired) electrons. The van der Waals surface area contributed by atoms with Gasteiger partial charge in [-0.25, -0.2) is 13.2 Å². The molecule has 0 unspecified atom stereocenters. The summed E-state index contributed by atoms with van der Waals surface area (Å²) in [5.41, 5.74) is 2.81. The molecular formula is C20H25N3O4S2. The van der Waals surface area contributed by atoms with Crippen LogP contribution in [0.15, 0.2) is 35.7 Å². The Morgan fingerprint density at radius 2 is 1.83 bits per heavy atom. The number of hydrogen-bond acceptors (Lipinski definition) is 5. The highest BCUT2D eigenvalue weighted by atomic mass is 32.2. The number of nitrogens with one attached hydrogen (secondary N) is 2. The highest BCUT2D eigenvalue weighted by Gasteiger charge is 2.21. The van der Waals surface area contributed by atoms with Crippen LogP contribution in [0.3, 0.4) is 0 Å². The van der Waals surface area contributed by atoms with Crippen molar-refractivity contribution in [2.45, 2.75) is 31.7 Å². The highest BCUT2D eigenvalue weighted by Crippen LogP contribution is 2.24. The van der Waals surface area contributed by atoms with Gasteiger partial charge in [-0.15, -0.1) is 11.3 Å². The van der Waals surface area contributed by atoms with E-state index in [0.717, 1.165) is 18.5 Å². The van der Waals surface area contributed by atoms with Gasteiger partial charge in [0.15, 0.2) is 9.84 Å². The highest BCUT2D eigenvalue weighted by molar-refractivity contribution is 7.89. The van der Waals surface area contributed by atoms with Gasteiger partial charge < -0.3 is 15.5 Å². The predicted molar refractivity (Wildman–Crippen MR) is 113 cm³/mol. The molecule has 0 saturated heterocycles. The third-order valence-electron chi connectivity index (χ3n) is 4.69. The fraction of sp³-hybridized carbons (Fsp3) is 0.400. The van der Waals surface area contributed by atoms with Crippen LogP contribution in [0.5, 0.6) is 0 Å². The van der Waals surface area contributed by atoms with E-state index in [2.05, 4.69) is 22.1 Å². The van der Waals surface area contributed by atoms with Gasteiger partial charge in [-0.1, -0.05) is 24.3 Å². The number of thiophene rings is 1. The molecule has 0 aliphatic carbocycles. The molecule has 7 nitrogen and oxygen atoms in total. The van der Waals surface area contributed by atoms with Crippen LogP contribution in [0.25, 0.3) is 0 Å². The summed E-state index contributed by atoms with van der Waals surface area (Å²) in [7, 11) is -3.06. The number of urea groups is 1. The number of sulfone groups is 1. The second kappa shape index (κ2) is 9.41. The van der Waals surface area contributed by atoms with Gasteiger partial charge in [0.2, 0.25) is 5.91 Å². The molecule has 9 heteroatoms. The van der Waals surface area contributed by atoms with Crippen LogP contribution in [0.2, 0.25) is 0 Å². The van der Waals surface area contributed by atoms with Crippen molar-refractivity contribution < 1.29 is 18.0 Å². The molecule has 29 heavy (non-hydrogen) atoms. The first kappa shape index (κ1) is 21.3. The predicted octanol–water partition coefficient (Wildman–Crippen LogP) is 2.07. The summed E-state index contributed by atoms with van der Waals surface area (Å²) in [6.07, 6.45) is 2.37. The molecule has 2 aromatic rings. The standard InChI is InChI=1S/C20H25N3O4S2/c1-29(26,27)14-16-4-2-15(3-5-16)12-22-20(25)21-9-6-19(24)23-10-7-18-17(13-23)8-11-28-18/h2-5,8,11H,6-7,9-10,12-14H2,1H3,(H2,21,22,25). The quantitative estimate of drug-likeness (QED) is 0.696. The zero-order chi connectivity index (χ0) is 20.9. The lowest BCUT2D eigenvalue weighted by atomic mass is 10.1. The lowest BCUT2D eigenvalue weighted by molar-refractivity contribution is -0.131. The molecule has 0 bridgehead atoms. The van der Waals surface area contributed by atoms with Crippen LogP contribution in [0.1, 0.15) is 28.0 Å². The van der Waals surface area contributed by atoms with Crippen molar-refractivity contribution in [2.24, 2.45) is 0 Å². The summed E-state index contributed by atoms with van der Waals surface area (Å²) >= 11 is 1.74. The number of benzene rings is 1. The van der Waals surface area contributed by atoms with Crippen LogP contribution >= 0.6 is 11.3 Å². The molecule has 2 N–H and O–H groups in total. The van der Waals surface area contributed by atoms with Crippen molar-refractivity contribution in [3.63, 3.8) is 0 Å². The summed E-state index contributed by atoms with van der Waals surface area (Å²) in [5, 5.41) is 7.50. The van der Waals surface area contributed by atoms with Crippen LogP contribution in [0.4, 0.5) is 4.79 Å². The Hall–Kier alpha value is -2.39. The first-order valence-electron chi connectivity index (χ1n) is 9.40. The molecule has 156 valence electrons. The molecule has 3 rings (SSSR count). The fourth-order valence-corrected chi connectivity index (χ4v) is 4.89. The monoisotopic (exact) mass is 435 g/mol. The van der Waals surface area contributed by atoms with E-state index < -0.39 is 9.84 Å². The average Bonchev–Trinajstić information content (AvgIpc) is 3.14. The van der Waals surface area contributed by atoms with E-state index in [9.17, 15) is 18.0 Å². The third kappa shape index (κ3) is 6.57. The molecule has 1 aliphatic heterocycles. The molecule has 3 amide bonds. The minimum absolute atomic E-state index is 0.0000369. The maximum Gasteiger partial charge on any atom is 0.315 e. The molecule has 2 heterocycles. The lowest BCUT2D eigenvalue weighted by Gasteiger charge is -2.27. The summed E-state index contributed by atoms with van der Waals surface area (Å²) in [4.78, 5) is 27.5. The minimum Gasteiger partial charge on any atom is -0.338 e. The van der Waals surface area contributed by atoms with E-state index >= 15 is 0 Å². The average molecular weight is 436 g/mol. The molecule has 1 aliphatic rings. The van der Waals surface area contributed by atoms with Crippen LogP contribution in [0, 0.1) is 0 Å². The van der Waals surface area contributed by atoms with E-state index in [4.69, 9.17) is 0 Å². The Balaban J connectivity index is 1.35. The van der Waals surface area contributed by atoms with Gasteiger partial charge in [0.05, 0.1) is 5.75 Å². The Morgan fingerprint density at radius 3 is 2.55 bits per heavy atom. The molecule has 0 atom stereocenters. The van der Waals surface area contributed by atoms with Crippen LogP contribution in [-0.4, -0.2) is 44.6 Å². The number of rotatable bonds is 7. The van der Waals surface area contributed by atoms with E-state index in [0.29, 0.717) is 18.7 Å². The van der Waals surface area contributed by atoms with Gasteiger partial charge in [-0.2, -0.15) is 0 Å². The van der Waals surface area contributed by atoms with E-state index in [1.807, 2.05) is 4.90 Å². The van der Waals surface area contributed by atoms with Crippen molar-refractivity contribution in [1.29, 1.82) is 0 Å². The number of amides is 3. The second-order valence-corrected chi connectivity index (χ2v) is 10.3. The Labute approximate surface area is 175 Å². The molecule has 0 spiro atoms. The smallest absolute Gasteiger partial charge is 0.315 e. The largest absolute Gasteiger partial charge is 0.338 e. The third-order valence-corrected chi connectivity index (χ3v) is 6.57. The first-order valence-corrected chi connectivity index (χ1v) is 12.3. The summed E-state index contributed by atoms with van der Waals surface area (Å²) in [6.45, 7) is 1.99. The minimum atomic E-state index is -3.06. The maximum absolute atomic E-state index is 12.3. The van der Waals surface area contributed by atoms with Gasteiger partial charge in [0.25, 0.3) is 0 Å². The van der Waals surface area contributed by atoms with Crippen molar-refractivity contribution in [3.8, 4) is 0 Å². The maximum atomic E-state index is 12.3. The summed E-state index contributed by atoms with van der Waals surface area (Å²) in [5.74, 6) is 0.0450. The van der Waals surface area contributed by atoms with Crippen LogP contribution < -0.4 is 10.6 Å². The Kier molecular flexibility index (Phi) is 6.92. The normalized spacial score (nSPS) is 13.6. The van der Waals surface area contributed by atoms with Gasteiger partial charge in [0, 0.05) is 43.7 Å². The second-order valence-electron chi connectivity index (χ2n) is 7.18. The number of hydrogen-bond donors (Lipinski definition) is 2. The molecule has 1 aromatic heterocycles. The SMILES string of the molecule is CS(=O)(=O)Cc1ccc(CNC(=O)NCCC(=O)N2CCc3sccc3C2)cc1. The Bertz CT molecular complexity index is 968. The fourth-order valence-electron chi connectivity index (χ4n) is 3.20. The van der Waals surface area contributed by atoms with E-state index in [-0.39, 0.29) is 30.7 Å². The number of carbonyl (C=O) groups excluding carboxylic acids is 2. The summed E-state index contributed by atoms with van der Waals surface area (Å²) in [6, 6.07) is 8.80. The molecule has 0 fully saturated rings. The van der Waals surface area contributed by atoms with Gasteiger partial charge in [-0.3, -0.25) is 4.79 Å². The van der Waals surface area contributed by atoms with Crippen molar-refractivity contribution in [3.05, 3.63) is 57.3 Å². The van der Waals surface area contributed by atoms with Gasteiger partial charge in [0.1, 0.15) is 0 Å². The zero-order valence-electron chi connectivity index (χ0n) is 16.3.